The second kappa shape index (κ2) is 4.00. The molecule has 6 heavy (non-hydrogen) atoms. The zero-order chi connectivity index (χ0) is 4.99. The highest BCUT2D eigenvalue weighted by molar-refractivity contribution is 9.36. The molecule has 0 aromatic carbocycles. The Morgan fingerprint density at radius 1 is 1.67 bits per heavy atom. The maximum Gasteiger partial charge on any atom is 0.155 e. The number of aliphatic hydroxyl groups excluding tert-OH is 1. The first-order valence-electron chi connectivity index (χ1n) is 1.47. The van der Waals surface area contributed by atoms with Crippen LogP contribution >= 0.6 is 22.8 Å². The highest BCUT2D eigenvalue weighted by Crippen LogP contribution is 2.18. The van der Waals surface area contributed by atoms with Gasteiger partial charge < -0.3 is 10.2 Å². The molecule has 0 saturated heterocycles. The summed E-state index contributed by atoms with van der Waals surface area (Å²) < 4.78 is 0. The lowest BCUT2D eigenvalue weighted by Gasteiger charge is -1.94. The van der Waals surface area contributed by atoms with E-state index in [0.717, 1.165) is 0 Å². The lowest BCUT2D eigenvalue weighted by atomic mass is 10.8. The standard InChI is InChI=1S/C2H6BrO2P/c3-6-1-2(4)5/h2,4-6H,1H2. The molecule has 38 valence electrons. The van der Waals surface area contributed by atoms with E-state index < -0.39 is 6.29 Å². The van der Waals surface area contributed by atoms with E-state index in [9.17, 15) is 0 Å². The second-order valence-corrected chi connectivity index (χ2v) is 3.18. The molecular formula is C2H6BrO2P. The third-order valence-electron chi connectivity index (χ3n) is 0.260. The molecule has 0 saturated carbocycles. The molecule has 1 atom stereocenters. The quantitative estimate of drug-likeness (QED) is 0.465. The van der Waals surface area contributed by atoms with Crippen LogP contribution in [0.1, 0.15) is 0 Å². The van der Waals surface area contributed by atoms with Crippen LogP contribution in [0.25, 0.3) is 0 Å². The van der Waals surface area contributed by atoms with E-state index in [0.29, 0.717) is 13.4 Å². The lowest BCUT2D eigenvalue weighted by molar-refractivity contribution is -0.0189. The Kier molecular flexibility index (Phi) is 4.56. The van der Waals surface area contributed by atoms with E-state index in [4.69, 9.17) is 10.2 Å². The lowest BCUT2D eigenvalue weighted by Crippen LogP contribution is -2.04. The van der Waals surface area contributed by atoms with E-state index in [2.05, 4.69) is 15.5 Å². The maximum atomic E-state index is 8.08. The predicted octanol–water partition coefficient (Wildman–Crippen LogP) is 0.285. The van der Waals surface area contributed by atoms with E-state index in [-0.39, 0.29) is 0 Å². The molecule has 0 aliphatic heterocycles. The largest absolute Gasteiger partial charge is 0.368 e. The summed E-state index contributed by atoms with van der Waals surface area (Å²) in [6.45, 7) is 0. The molecule has 0 fully saturated rings. The van der Waals surface area contributed by atoms with Crippen molar-refractivity contribution in [3.05, 3.63) is 0 Å². The van der Waals surface area contributed by atoms with E-state index in [1.165, 1.54) is 0 Å². The van der Waals surface area contributed by atoms with E-state index >= 15 is 0 Å². The minimum atomic E-state index is -1.14. The summed E-state index contributed by atoms with van der Waals surface area (Å²) in [6, 6.07) is 0. The summed E-state index contributed by atoms with van der Waals surface area (Å²) in [5, 5.41) is 16.2. The van der Waals surface area contributed by atoms with Crippen LogP contribution in [-0.4, -0.2) is 22.7 Å². The highest BCUT2D eigenvalue weighted by Gasteiger charge is 1.90. The number of aliphatic hydroxyl groups is 2. The van der Waals surface area contributed by atoms with Gasteiger partial charge in [-0.1, -0.05) is 15.5 Å². The minimum Gasteiger partial charge on any atom is -0.368 e. The Labute approximate surface area is 46.1 Å². The average molecular weight is 173 g/mol. The third kappa shape index (κ3) is 4.83. The van der Waals surface area contributed by atoms with Crippen LogP contribution in [0.3, 0.4) is 0 Å². The summed E-state index contributed by atoms with van der Waals surface area (Å²) in [6.07, 6.45) is -0.706. The molecule has 0 amide bonds. The molecule has 0 aromatic rings. The highest BCUT2D eigenvalue weighted by atomic mass is 79.9. The van der Waals surface area contributed by atoms with Crippen molar-refractivity contribution in [1.82, 2.24) is 0 Å². The zero-order valence-corrected chi connectivity index (χ0v) is 5.64. The molecule has 0 aromatic heterocycles. The van der Waals surface area contributed by atoms with Crippen molar-refractivity contribution in [1.29, 1.82) is 0 Å². The Bertz CT molecular complexity index is 32.7. The van der Waals surface area contributed by atoms with Crippen LogP contribution in [0.4, 0.5) is 0 Å². The molecule has 0 radical (unpaired) electrons. The van der Waals surface area contributed by atoms with Crippen molar-refractivity contribution in [2.45, 2.75) is 6.29 Å². The molecule has 1 unspecified atom stereocenters. The van der Waals surface area contributed by atoms with Gasteiger partial charge in [-0.2, -0.15) is 0 Å². The summed E-state index contributed by atoms with van der Waals surface area (Å²) in [4.78, 5) is 0. The van der Waals surface area contributed by atoms with Crippen molar-refractivity contribution >= 4 is 22.8 Å². The first-order valence-corrected chi connectivity index (χ1v) is 4.93. The molecule has 0 rings (SSSR count). The van der Waals surface area contributed by atoms with Gasteiger partial charge in [-0.05, 0) is 7.28 Å². The molecular weight excluding hydrogens is 167 g/mol. The van der Waals surface area contributed by atoms with Gasteiger partial charge in [-0.3, -0.25) is 0 Å². The summed E-state index contributed by atoms with van der Waals surface area (Å²) >= 11 is 3.06. The fourth-order valence-corrected chi connectivity index (χ4v) is 1.08. The Morgan fingerprint density at radius 2 is 2.17 bits per heavy atom. The third-order valence-corrected chi connectivity index (χ3v) is 1.75. The monoisotopic (exact) mass is 172 g/mol. The molecule has 0 bridgehead atoms. The van der Waals surface area contributed by atoms with Crippen LogP contribution in [0, 0.1) is 0 Å². The van der Waals surface area contributed by atoms with Gasteiger partial charge in [-0.25, -0.2) is 0 Å². The number of halogens is 1. The van der Waals surface area contributed by atoms with Crippen LogP contribution in [0.15, 0.2) is 0 Å². The predicted molar refractivity (Wildman–Crippen MR) is 30.3 cm³/mol. The molecule has 0 aliphatic carbocycles. The second-order valence-electron chi connectivity index (χ2n) is 0.818. The molecule has 0 spiro atoms. The molecule has 2 N–H and O–H groups in total. The van der Waals surface area contributed by atoms with Gasteiger partial charge in [0.15, 0.2) is 6.29 Å². The smallest absolute Gasteiger partial charge is 0.155 e. The first-order chi connectivity index (χ1) is 2.77. The molecule has 2 nitrogen and oxygen atoms in total. The SMILES string of the molecule is OC(O)CPBr. The summed E-state index contributed by atoms with van der Waals surface area (Å²) in [5.74, 6) is 0. The molecule has 0 heterocycles. The van der Waals surface area contributed by atoms with Crippen LogP contribution in [-0.2, 0) is 0 Å². The molecule has 4 heteroatoms. The minimum absolute atomic E-state index is 0.431. The van der Waals surface area contributed by atoms with Gasteiger partial charge in [0.2, 0.25) is 0 Å². The Morgan fingerprint density at radius 3 is 2.17 bits per heavy atom. The number of rotatable bonds is 2. The van der Waals surface area contributed by atoms with Gasteiger partial charge in [0.1, 0.15) is 0 Å². The van der Waals surface area contributed by atoms with Crippen LogP contribution in [0.5, 0.6) is 0 Å². The zero-order valence-electron chi connectivity index (χ0n) is 3.06. The topological polar surface area (TPSA) is 40.5 Å². The fourth-order valence-electron chi connectivity index (χ4n) is 0.0690. The van der Waals surface area contributed by atoms with Crippen molar-refractivity contribution in [2.75, 3.05) is 6.16 Å². The van der Waals surface area contributed by atoms with E-state index in [1.54, 1.807) is 0 Å². The van der Waals surface area contributed by atoms with Crippen molar-refractivity contribution in [3.8, 4) is 0 Å². The average Bonchev–Trinajstić information content (AvgIpc) is 1.35. The number of hydrogen-bond acceptors (Lipinski definition) is 2. The van der Waals surface area contributed by atoms with Crippen LogP contribution < -0.4 is 0 Å². The van der Waals surface area contributed by atoms with Crippen molar-refractivity contribution < 1.29 is 10.2 Å². The Hall–Kier alpha value is 0.830. The summed E-state index contributed by atoms with van der Waals surface area (Å²) in [7, 11) is 0.451. The fraction of sp³-hybridized carbons (Fsp3) is 1.00. The molecule has 0 aliphatic rings. The van der Waals surface area contributed by atoms with Gasteiger partial charge in [-0.15, -0.1) is 0 Å². The van der Waals surface area contributed by atoms with Gasteiger partial charge in [0.05, 0.1) is 0 Å². The first kappa shape index (κ1) is 6.83. The van der Waals surface area contributed by atoms with E-state index in [1.807, 2.05) is 0 Å². The van der Waals surface area contributed by atoms with Gasteiger partial charge in [0, 0.05) is 6.16 Å². The van der Waals surface area contributed by atoms with Gasteiger partial charge in [0.25, 0.3) is 0 Å². The van der Waals surface area contributed by atoms with Gasteiger partial charge >= 0.3 is 0 Å². The summed E-state index contributed by atoms with van der Waals surface area (Å²) in [5.41, 5.74) is 0. The van der Waals surface area contributed by atoms with Crippen molar-refractivity contribution in [2.24, 2.45) is 0 Å². The maximum absolute atomic E-state index is 8.08. The van der Waals surface area contributed by atoms with Crippen molar-refractivity contribution in [3.63, 3.8) is 0 Å². The Balaban J connectivity index is 2.63. The normalized spacial score (nSPS) is 12.0. The van der Waals surface area contributed by atoms with Crippen LogP contribution in [0.2, 0.25) is 0 Å². The number of hydrogen-bond donors (Lipinski definition) is 2.